The van der Waals surface area contributed by atoms with Crippen LogP contribution in [-0.2, 0) is 9.53 Å². The molecule has 0 aliphatic carbocycles. The molecule has 92 valence electrons. The Morgan fingerprint density at radius 1 is 1.47 bits per heavy atom. The van der Waals surface area contributed by atoms with Crippen molar-refractivity contribution in [3.63, 3.8) is 0 Å². The SMILES string of the molecule is CCN(CC(=O)OC)C(=O)c1cccnc1C. The number of pyridine rings is 1. The summed E-state index contributed by atoms with van der Waals surface area (Å²) in [5, 5.41) is 0. The lowest BCUT2D eigenvalue weighted by molar-refractivity contribution is -0.141. The van der Waals surface area contributed by atoms with Crippen molar-refractivity contribution < 1.29 is 14.3 Å². The van der Waals surface area contributed by atoms with E-state index in [-0.39, 0.29) is 12.5 Å². The summed E-state index contributed by atoms with van der Waals surface area (Å²) in [7, 11) is 1.30. The first-order valence-corrected chi connectivity index (χ1v) is 5.37. The minimum absolute atomic E-state index is 0.0415. The summed E-state index contributed by atoms with van der Waals surface area (Å²) >= 11 is 0. The zero-order chi connectivity index (χ0) is 12.8. The van der Waals surface area contributed by atoms with Gasteiger partial charge in [0.25, 0.3) is 5.91 Å². The van der Waals surface area contributed by atoms with E-state index in [4.69, 9.17) is 0 Å². The van der Waals surface area contributed by atoms with Gasteiger partial charge in [0, 0.05) is 18.4 Å². The zero-order valence-electron chi connectivity index (χ0n) is 10.3. The molecule has 0 saturated carbocycles. The van der Waals surface area contributed by atoms with E-state index in [1.807, 2.05) is 6.92 Å². The molecule has 0 unspecified atom stereocenters. The predicted octanol–water partition coefficient (Wildman–Crippen LogP) is 1.03. The fourth-order valence-corrected chi connectivity index (χ4v) is 1.43. The molecule has 0 fully saturated rings. The second-order valence-electron chi connectivity index (χ2n) is 3.53. The van der Waals surface area contributed by atoms with Crippen LogP contribution in [0.1, 0.15) is 23.0 Å². The molecule has 1 aromatic heterocycles. The molecule has 5 heteroatoms. The number of ether oxygens (including phenoxy) is 1. The van der Waals surface area contributed by atoms with E-state index >= 15 is 0 Å². The van der Waals surface area contributed by atoms with Crippen molar-refractivity contribution in [3.05, 3.63) is 29.6 Å². The first kappa shape index (κ1) is 13.2. The van der Waals surface area contributed by atoms with Gasteiger partial charge in [0.1, 0.15) is 6.54 Å². The van der Waals surface area contributed by atoms with Crippen LogP contribution in [0.5, 0.6) is 0 Å². The Morgan fingerprint density at radius 2 is 2.18 bits per heavy atom. The summed E-state index contributed by atoms with van der Waals surface area (Å²) in [4.78, 5) is 28.8. The van der Waals surface area contributed by atoms with E-state index < -0.39 is 5.97 Å². The number of hydrogen-bond acceptors (Lipinski definition) is 4. The molecular weight excluding hydrogens is 220 g/mol. The van der Waals surface area contributed by atoms with Gasteiger partial charge in [-0.3, -0.25) is 14.6 Å². The molecule has 0 aliphatic heterocycles. The number of hydrogen-bond donors (Lipinski definition) is 0. The minimum Gasteiger partial charge on any atom is -0.468 e. The third-order valence-corrected chi connectivity index (χ3v) is 2.45. The summed E-state index contributed by atoms with van der Waals surface area (Å²) in [5.41, 5.74) is 1.17. The van der Waals surface area contributed by atoms with E-state index in [1.165, 1.54) is 12.0 Å². The quantitative estimate of drug-likeness (QED) is 0.732. The molecular formula is C12H16N2O3. The monoisotopic (exact) mass is 236 g/mol. The highest BCUT2D eigenvalue weighted by molar-refractivity contribution is 5.96. The fourth-order valence-electron chi connectivity index (χ4n) is 1.43. The number of aryl methyl sites for hydroxylation is 1. The lowest BCUT2D eigenvalue weighted by Crippen LogP contribution is -2.36. The topological polar surface area (TPSA) is 59.5 Å². The molecule has 1 aromatic rings. The summed E-state index contributed by atoms with van der Waals surface area (Å²) in [6.07, 6.45) is 1.63. The Bertz CT molecular complexity index is 418. The van der Waals surface area contributed by atoms with Crippen molar-refractivity contribution in [3.8, 4) is 0 Å². The summed E-state index contributed by atoms with van der Waals surface area (Å²) in [6, 6.07) is 3.40. The summed E-state index contributed by atoms with van der Waals surface area (Å²) < 4.78 is 4.55. The second-order valence-corrected chi connectivity index (χ2v) is 3.53. The molecule has 0 aliphatic rings. The van der Waals surface area contributed by atoms with Crippen LogP contribution in [0.4, 0.5) is 0 Å². The Balaban J connectivity index is 2.87. The highest BCUT2D eigenvalue weighted by Gasteiger charge is 2.19. The number of aromatic nitrogens is 1. The lowest BCUT2D eigenvalue weighted by Gasteiger charge is -2.19. The Hall–Kier alpha value is -1.91. The number of carbonyl (C=O) groups excluding carboxylic acids is 2. The van der Waals surface area contributed by atoms with Gasteiger partial charge in [-0.25, -0.2) is 0 Å². The van der Waals surface area contributed by atoms with Gasteiger partial charge in [-0.1, -0.05) is 0 Å². The molecule has 17 heavy (non-hydrogen) atoms. The summed E-state index contributed by atoms with van der Waals surface area (Å²) in [5.74, 6) is -0.634. The van der Waals surface area contributed by atoms with Gasteiger partial charge in [0.2, 0.25) is 0 Å². The molecule has 0 saturated heterocycles. The largest absolute Gasteiger partial charge is 0.468 e. The number of carbonyl (C=O) groups is 2. The van der Waals surface area contributed by atoms with Gasteiger partial charge in [0.15, 0.2) is 0 Å². The maximum atomic E-state index is 12.1. The van der Waals surface area contributed by atoms with E-state index in [0.29, 0.717) is 17.8 Å². The van der Waals surface area contributed by atoms with E-state index in [0.717, 1.165) is 0 Å². The third-order valence-electron chi connectivity index (χ3n) is 2.45. The number of nitrogens with zero attached hydrogens (tertiary/aromatic N) is 2. The van der Waals surface area contributed by atoms with Crippen molar-refractivity contribution in [2.75, 3.05) is 20.2 Å². The molecule has 1 heterocycles. The van der Waals surface area contributed by atoms with Gasteiger partial charge in [-0.15, -0.1) is 0 Å². The average Bonchev–Trinajstić information content (AvgIpc) is 2.35. The fraction of sp³-hybridized carbons (Fsp3) is 0.417. The van der Waals surface area contributed by atoms with Crippen LogP contribution in [0.3, 0.4) is 0 Å². The van der Waals surface area contributed by atoms with Crippen LogP contribution < -0.4 is 0 Å². The highest BCUT2D eigenvalue weighted by Crippen LogP contribution is 2.08. The maximum absolute atomic E-state index is 12.1. The molecule has 1 rings (SSSR count). The Kier molecular flexibility index (Phi) is 4.63. The smallest absolute Gasteiger partial charge is 0.325 e. The number of likely N-dealkylation sites (N-methyl/N-ethyl adjacent to an activating group) is 1. The van der Waals surface area contributed by atoms with Crippen molar-refractivity contribution in [1.29, 1.82) is 0 Å². The van der Waals surface area contributed by atoms with E-state index in [9.17, 15) is 9.59 Å². The average molecular weight is 236 g/mol. The molecule has 0 spiro atoms. The molecule has 1 amide bonds. The number of methoxy groups -OCH3 is 1. The third kappa shape index (κ3) is 3.27. The molecule has 0 radical (unpaired) electrons. The molecule has 5 nitrogen and oxygen atoms in total. The van der Waals surface area contributed by atoms with E-state index in [2.05, 4.69) is 9.72 Å². The second kappa shape index (κ2) is 5.98. The molecule has 0 N–H and O–H groups in total. The number of rotatable bonds is 4. The van der Waals surface area contributed by atoms with Gasteiger partial charge in [-0.2, -0.15) is 0 Å². The number of amides is 1. The Labute approximate surface area is 100 Å². The van der Waals surface area contributed by atoms with Crippen LogP contribution in [0.15, 0.2) is 18.3 Å². The van der Waals surface area contributed by atoms with Crippen LogP contribution in [-0.4, -0.2) is 42.0 Å². The van der Waals surface area contributed by atoms with Gasteiger partial charge in [-0.05, 0) is 26.0 Å². The highest BCUT2D eigenvalue weighted by atomic mass is 16.5. The summed E-state index contributed by atoms with van der Waals surface area (Å²) in [6.45, 7) is 3.98. The predicted molar refractivity (Wildman–Crippen MR) is 62.6 cm³/mol. The van der Waals surface area contributed by atoms with Gasteiger partial charge >= 0.3 is 5.97 Å². The minimum atomic E-state index is -0.429. The van der Waals surface area contributed by atoms with Crippen LogP contribution >= 0.6 is 0 Å². The van der Waals surface area contributed by atoms with Crippen molar-refractivity contribution in [2.24, 2.45) is 0 Å². The van der Waals surface area contributed by atoms with Gasteiger partial charge in [0.05, 0.1) is 12.7 Å². The standard InChI is InChI=1S/C12H16N2O3/c1-4-14(8-11(15)17-3)12(16)10-6-5-7-13-9(10)2/h5-7H,4,8H2,1-3H3. The normalized spacial score (nSPS) is 9.82. The van der Waals surface area contributed by atoms with Crippen LogP contribution in [0.25, 0.3) is 0 Å². The van der Waals surface area contributed by atoms with Crippen molar-refractivity contribution in [2.45, 2.75) is 13.8 Å². The maximum Gasteiger partial charge on any atom is 0.325 e. The zero-order valence-corrected chi connectivity index (χ0v) is 10.3. The lowest BCUT2D eigenvalue weighted by atomic mass is 10.2. The van der Waals surface area contributed by atoms with Crippen LogP contribution in [0, 0.1) is 6.92 Å². The van der Waals surface area contributed by atoms with Gasteiger partial charge < -0.3 is 9.64 Å². The van der Waals surface area contributed by atoms with E-state index in [1.54, 1.807) is 25.3 Å². The number of esters is 1. The molecule has 0 bridgehead atoms. The van der Waals surface area contributed by atoms with Crippen molar-refractivity contribution >= 4 is 11.9 Å². The molecule has 0 atom stereocenters. The first-order chi connectivity index (χ1) is 8.10. The molecule has 0 aromatic carbocycles. The van der Waals surface area contributed by atoms with Crippen molar-refractivity contribution in [1.82, 2.24) is 9.88 Å². The first-order valence-electron chi connectivity index (χ1n) is 5.37. The van der Waals surface area contributed by atoms with Crippen LogP contribution in [0.2, 0.25) is 0 Å². The Morgan fingerprint density at radius 3 is 2.71 bits per heavy atom.